The molecule has 6 N–H and O–H groups in total. The van der Waals surface area contributed by atoms with Crippen LogP contribution in [-0.2, 0) is 15.9 Å². The minimum Gasteiger partial charge on any atom is -0.381 e. The number of hydrogen-bond donors (Lipinski definition) is 6. The fraction of sp³-hybridized carbons (Fsp3) is 0.438. The summed E-state index contributed by atoms with van der Waals surface area (Å²) < 4.78 is 26.4. The van der Waals surface area contributed by atoms with Gasteiger partial charge in [0.2, 0.25) is 0 Å². The summed E-state index contributed by atoms with van der Waals surface area (Å²) in [6.45, 7) is 10.3. The second-order valence-electron chi connectivity index (χ2n) is 17.6. The number of amides is 2. The third-order valence-electron chi connectivity index (χ3n) is 12.9. The Morgan fingerprint density at radius 1 is 0.672 bits per heavy atom. The van der Waals surface area contributed by atoms with Gasteiger partial charge in [-0.2, -0.15) is 5.10 Å². The van der Waals surface area contributed by atoms with E-state index in [2.05, 4.69) is 82.8 Å². The Morgan fingerprint density at radius 2 is 1.23 bits per heavy atom. The number of aromatic amines is 1. The number of ether oxygens (including phenoxy) is 2. The van der Waals surface area contributed by atoms with Crippen LogP contribution < -0.4 is 36.6 Å². The molecule has 2 amide bonds. The van der Waals surface area contributed by atoms with Gasteiger partial charge in [0, 0.05) is 119 Å². The molecule has 15 nitrogen and oxygen atoms in total. The lowest BCUT2D eigenvalue weighted by atomic mass is 10.0. The number of rotatable bonds is 13. The van der Waals surface area contributed by atoms with Crippen molar-refractivity contribution in [3.63, 3.8) is 0 Å². The van der Waals surface area contributed by atoms with E-state index >= 15 is 4.39 Å². The largest absolute Gasteiger partial charge is 0.381 e. The molecule has 0 bridgehead atoms. The van der Waals surface area contributed by atoms with Crippen molar-refractivity contribution in [1.29, 1.82) is 0 Å². The number of anilines is 6. The highest BCUT2D eigenvalue weighted by Gasteiger charge is 2.24. The van der Waals surface area contributed by atoms with E-state index in [9.17, 15) is 9.59 Å². The Morgan fingerprint density at radius 3 is 1.81 bits per heavy atom. The van der Waals surface area contributed by atoms with Crippen molar-refractivity contribution < 1.29 is 23.5 Å². The van der Waals surface area contributed by atoms with Crippen molar-refractivity contribution >= 4 is 57.0 Å². The predicted octanol–water partition coefficient (Wildman–Crippen LogP) is 5.99. The summed E-state index contributed by atoms with van der Waals surface area (Å²) in [6.07, 6.45) is 3.84. The summed E-state index contributed by atoms with van der Waals surface area (Å²) in [4.78, 5) is 37.2. The Kier molecular flexibility index (Phi) is 13.4. The van der Waals surface area contributed by atoms with Gasteiger partial charge in [-0.1, -0.05) is 6.07 Å². The number of halogens is 1. The molecule has 4 fully saturated rings. The molecule has 0 saturated carbocycles. The van der Waals surface area contributed by atoms with Crippen LogP contribution in [0.25, 0.3) is 10.9 Å². The molecule has 5 heterocycles. The highest BCUT2D eigenvalue weighted by molar-refractivity contribution is 6.11. The molecule has 1 aromatic heterocycles. The maximum atomic E-state index is 15.2. The first-order chi connectivity index (χ1) is 31.2. The maximum Gasteiger partial charge on any atom is 0.271 e. The molecule has 4 aromatic carbocycles. The number of carbonyl (C=O) groups excluding carboxylic acids is 2. The van der Waals surface area contributed by atoms with Gasteiger partial charge in [0.15, 0.2) is 5.82 Å². The minimum atomic E-state index is -0.436. The zero-order valence-corrected chi connectivity index (χ0v) is 36.9. The van der Waals surface area contributed by atoms with Crippen molar-refractivity contribution in [2.75, 3.05) is 124 Å². The molecule has 0 atom stereocenters. The molecule has 4 aliphatic heterocycles. The molecule has 0 spiro atoms. The van der Waals surface area contributed by atoms with Gasteiger partial charge >= 0.3 is 0 Å². The van der Waals surface area contributed by atoms with Crippen molar-refractivity contribution in [3.8, 4) is 0 Å². The molecule has 4 aliphatic rings. The minimum absolute atomic E-state index is 0.192. The van der Waals surface area contributed by atoms with Gasteiger partial charge in [0.05, 0.1) is 22.3 Å². The number of hydrogen-bond acceptors (Lipinski definition) is 12. The number of piperazine rings is 2. The number of aromatic nitrogens is 2. The van der Waals surface area contributed by atoms with Gasteiger partial charge in [0.25, 0.3) is 11.8 Å². The third kappa shape index (κ3) is 10.5. The van der Waals surface area contributed by atoms with Crippen LogP contribution in [0.1, 0.15) is 57.5 Å². The molecular formula is C48H60FN11O4. The Labute approximate surface area is 374 Å². The SMILES string of the molecule is CN1CCN(c2ccc(C(=O)NNc3cc(F)cc(Cc4ccc5[nH]nc(NC(=O)c6ccc(N7CCN(C)CC7)cc6NC6CCOCC6)c5c4)c3)c(NC3CCOCC3)c2)CC1. The van der Waals surface area contributed by atoms with Gasteiger partial charge < -0.3 is 45.0 Å². The van der Waals surface area contributed by atoms with Crippen LogP contribution in [-0.4, -0.2) is 137 Å². The molecule has 64 heavy (non-hydrogen) atoms. The number of carbonyl (C=O) groups is 2. The number of nitrogens with zero attached hydrogens (tertiary/aromatic N) is 5. The normalized spacial score (nSPS) is 18.2. The molecule has 0 aliphatic carbocycles. The van der Waals surface area contributed by atoms with E-state index in [1.165, 1.54) is 12.1 Å². The average molecular weight is 874 g/mol. The van der Waals surface area contributed by atoms with E-state index in [0.717, 1.165) is 117 Å². The molecule has 16 heteroatoms. The Bertz CT molecular complexity index is 2420. The zero-order valence-electron chi connectivity index (χ0n) is 36.9. The molecule has 4 saturated heterocycles. The zero-order chi connectivity index (χ0) is 44.0. The first kappa shape index (κ1) is 43.3. The summed E-state index contributed by atoms with van der Waals surface area (Å²) in [5.74, 6) is -0.622. The fourth-order valence-corrected chi connectivity index (χ4v) is 9.04. The maximum absolute atomic E-state index is 15.2. The first-order valence-electron chi connectivity index (χ1n) is 22.7. The van der Waals surface area contributed by atoms with Crippen LogP contribution >= 0.6 is 0 Å². The van der Waals surface area contributed by atoms with E-state index in [1.807, 2.05) is 48.5 Å². The van der Waals surface area contributed by atoms with Crippen LogP contribution in [0.15, 0.2) is 72.8 Å². The lowest BCUT2D eigenvalue weighted by Gasteiger charge is -2.34. The number of benzene rings is 4. The van der Waals surface area contributed by atoms with Crippen LogP contribution in [0, 0.1) is 5.82 Å². The Balaban J connectivity index is 0.884. The highest BCUT2D eigenvalue weighted by atomic mass is 19.1. The molecule has 9 rings (SSSR count). The third-order valence-corrected chi connectivity index (χ3v) is 12.9. The smallest absolute Gasteiger partial charge is 0.271 e. The van der Waals surface area contributed by atoms with E-state index in [4.69, 9.17) is 9.47 Å². The van der Waals surface area contributed by atoms with Crippen LogP contribution in [0.3, 0.4) is 0 Å². The number of likely N-dealkylation sites (N-methyl/N-ethyl adjacent to an activating group) is 2. The van der Waals surface area contributed by atoms with Crippen molar-refractivity contribution in [2.24, 2.45) is 0 Å². The van der Waals surface area contributed by atoms with Crippen molar-refractivity contribution in [2.45, 2.75) is 44.2 Å². The first-order valence-corrected chi connectivity index (χ1v) is 22.7. The monoisotopic (exact) mass is 873 g/mol. The van der Waals surface area contributed by atoms with E-state index in [0.29, 0.717) is 61.0 Å². The number of hydrazine groups is 1. The molecule has 338 valence electrons. The number of fused-ring (bicyclic) bond motifs is 1. The summed E-state index contributed by atoms with van der Waals surface area (Å²) in [6, 6.07) is 22.8. The van der Waals surface area contributed by atoms with E-state index in [1.54, 1.807) is 0 Å². The molecule has 5 aromatic rings. The van der Waals surface area contributed by atoms with Crippen molar-refractivity contribution in [1.82, 2.24) is 25.4 Å². The highest BCUT2D eigenvalue weighted by Crippen LogP contribution is 2.31. The van der Waals surface area contributed by atoms with Gasteiger partial charge in [0.1, 0.15) is 5.82 Å². The van der Waals surface area contributed by atoms with E-state index < -0.39 is 5.82 Å². The van der Waals surface area contributed by atoms with Gasteiger partial charge in [-0.15, -0.1) is 0 Å². The summed E-state index contributed by atoms with van der Waals surface area (Å²) in [7, 11) is 4.27. The number of nitrogens with one attached hydrogen (secondary N) is 6. The van der Waals surface area contributed by atoms with Gasteiger partial charge in [-0.3, -0.25) is 25.5 Å². The van der Waals surface area contributed by atoms with Gasteiger partial charge in [-0.25, -0.2) is 4.39 Å². The summed E-state index contributed by atoms with van der Waals surface area (Å²) in [5.41, 5.74) is 13.3. The van der Waals surface area contributed by atoms with E-state index in [-0.39, 0.29) is 23.9 Å². The van der Waals surface area contributed by atoms with Crippen molar-refractivity contribution in [3.05, 3.63) is 101 Å². The molecule has 0 radical (unpaired) electrons. The van der Waals surface area contributed by atoms with Crippen LogP contribution in [0.5, 0.6) is 0 Å². The fourth-order valence-electron chi connectivity index (χ4n) is 9.04. The second kappa shape index (κ2) is 19.8. The standard InChI is InChI=1S/C48H60FN11O4/c1-57-13-17-59(18-14-57)38-4-6-40(44(30-38)50-35-9-21-63-22-10-35)47(61)52-46-42-28-32(3-8-43(42)54-55-46)25-33-26-34(49)29-37(27-33)53-56-48(62)41-7-5-39(60-19-15-58(2)16-20-60)31-45(41)51-36-11-23-64-24-12-36/h3-8,26-31,35-36,50-51,53H,9-25H2,1-2H3,(H,56,62)(H2,52,54,55,61). The average Bonchev–Trinajstić information content (AvgIpc) is 3.70. The second-order valence-corrected chi connectivity index (χ2v) is 17.6. The predicted molar refractivity (Wildman–Crippen MR) is 252 cm³/mol. The van der Waals surface area contributed by atoms with Crippen LogP contribution in [0.4, 0.5) is 38.6 Å². The molecule has 0 unspecified atom stereocenters. The van der Waals surface area contributed by atoms with Crippen LogP contribution in [0.2, 0.25) is 0 Å². The Hall–Kier alpha value is -5.94. The lowest BCUT2D eigenvalue weighted by Crippen LogP contribution is -2.44. The number of H-pyrrole nitrogens is 1. The molecular weight excluding hydrogens is 814 g/mol. The topological polar surface area (TPSA) is 154 Å². The lowest BCUT2D eigenvalue weighted by molar-refractivity contribution is 0.0902. The summed E-state index contributed by atoms with van der Waals surface area (Å²) >= 11 is 0. The summed E-state index contributed by atoms with van der Waals surface area (Å²) in [5, 5.41) is 18.6. The quantitative estimate of drug-likeness (QED) is 0.0772. The van der Waals surface area contributed by atoms with Gasteiger partial charge in [-0.05, 0) is 124 Å².